The number of benzene rings is 5. The Kier molecular flexibility index (Phi) is 4.73. The number of hydrogen-bond acceptors (Lipinski definition) is 2. The summed E-state index contributed by atoms with van der Waals surface area (Å²) in [5, 5.41) is 4.83. The Labute approximate surface area is 194 Å². The van der Waals surface area contributed by atoms with Crippen LogP contribution in [0.3, 0.4) is 0 Å². The largest absolute Gasteiger partial charge is 0.228 e. The summed E-state index contributed by atoms with van der Waals surface area (Å²) in [4.78, 5) is 10.0. The summed E-state index contributed by atoms with van der Waals surface area (Å²) >= 11 is 0. The molecule has 0 saturated carbocycles. The predicted molar refractivity (Wildman–Crippen MR) is 142 cm³/mol. The van der Waals surface area contributed by atoms with E-state index >= 15 is 0 Å². The Hall–Kier alpha value is -4.24. The first-order valence-corrected chi connectivity index (χ1v) is 11.2. The van der Waals surface area contributed by atoms with Gasteiger partial charge < -0.3 is 0 Å². The van der Waals surface area contributed by atoms with Gasteiger partial charge >= 0.3 is 0 Å². The van der Waals surface area contributed by atoms with Crippen LogP contribution in [0.5, 0.6) is 0 Å². The van der Waals surface area contributed by atoms with Crippen molar-refractivity contribution >= 4 is 34.9 Å². The average molecular weight is 420 g/mol. The molecule has 2 nitrogen and oxygen atoms in total. The van der Waals surface area contributed by atoms with Crippen LogP contribution in [0.1, 0.15) is 0 Å². The van der Waals surface area contributed by atoms with E-state index in [2.05, 4.69) is 123 Å². The molecule has 0 radical (unpaired) electrons. The molecular weight excluding hydrogens is 399 g/mol. The lowest BCUT2D eigenvalue weighted by Gasteiger charge is -2.11. The number of rotatable bonds is 3. The highest BCUT2D eigenvalue weighted by Gasteiger charge is 2.11. The minimum atomic E-state index is 0.738. The molecule has 0 atom stereocenters. The van der Waals surface area contributed by atoms with Crippen LogP contribution in [-0.2, 0) is 0 Å². The molecule has 3 heteroatoms. The molecule has 0 unspecified atom stereocenters. The van der Waals surface area contributed by atoms with Gasteiger partial charge in [-0.15, -0.1) is 0 Å². The van der Waals surface area contributed by atoms with Gasteiger partial charge in [-0.2, -0.15) is 0 Å². The van der Waals surface area contributed by atoms with Gasteiger partial charge in [0.05, 0.1) is 11.4 Å². The van der Waals surface area contributed by atoms with Gasteiger partial charge in [-0.3, -0.25) is 0 Å². The fourth-order valence-electron chi connectivity index (χ4n) is 4.27. The van der Waals surface area contributed by atoms with Crippen molar-refractivity contribution < 1.29 is 0 Å². The fourth-order valence-corrected chi connectivity index (χ4v) is 4.27. The van der Waals surface area contributed by atoms with Gasteiger partial charge in [-0.25, -0.2) is 9.97 Å². The van der Waals surface area contributed by atoms with Crippen LogP contribution in [0, 0.1) is 0 Å². The molecule has 0 spiro atoms. The Morgan fingerprint density at radius 3 is 1.55 bits per heavy atom. The van der Waals surface area contributed by atoms with E-state index in [1.54, 1.807) is 0 Å². The van der Waals surface area contributed by atoms with E-state index in [9.17, 15) is 0 Å². The Morgan fingerprint density at radius 1 is 0.424 bits per heavy atom. The molecule has 0 bridgehead atoms. The maximum Gasteiger partial charge on any atom is 0.160 e. The number of fused-ring (bicyclic) bond motifs is 2. The van der Waals surface area contributed by atoms with E-state index in [0.717, 1.165) is 33.9 Å². The third-order valence-electron chi connectivity index (χ3n) is 6.13. The summed E-state index contributed by atoms with van der Waals surface area (Å²) in [5.41, 5.74) is 6.28. The van der Waals surface area contributed by atoms with Crippen LogP contribution < -0.4 is 5.46 Å². The molecule has 0 aliphatic rings. The maximum absolute atomic E-state index is 5.02. The third kappa shape index (κ3) is 3.79. The number of nitrogens with zero attached hydrogens (tertiary/aromatic N) is 2. The quantitative estimate of drug-likeness (QED) is 0.326. The second-order valence-electron chi connectivity index (χ2n) is 8.45. The van der Waals surface area contributed by atoms with E-state index < -0.39 is 0 Å². The summed E-state index contributed by atoms with van der Waals surface area (Å²) in [6.07, 6.45) is 0. The van der Waals surface area contributed by atoms with E-state index in [-0.39, 0.29) is 0 Å². The molecule has 0 N–H and O–H groups in total. The Morgan fingerprint density at radius 2 is 0.909 bits per heavy atom. The summed E-state index contributed by atoms with van der Waals surface area (Å²) in [6, 6.07) is 40.4. The van der Waals surface area contributed by atoms with Crippen LogP contribution in [0.4, 0.5) is 0 Å². The zero-order chi connectivity index (χ0) is 22.2. The second-order valence-corrected chi connectivity index (χ2v) is 8.45. The molecule has 5 aromatic carbocycles. The highest BCUT2D eigenvalue weighted by molar-refractivity contribution is 6.32. The van der Waals surface area contributed by atoms with E-state index in [1.165, 1.54) is 27.0 Å². The van der Waals surface area contributed by atoms with Crippen molar-refractivity contribution in [1.82, 2.24) is 9.97 Å². The molecule has 0 aliphatic heterocycles. The lowest BCUT2D eigenvalue weighted by atomic mass is 9.94. The van der Waals surface area contributed by atoms with E-state index in [0.29, 0.717) is 0 Å². The Bertz CT molecular complexity index is 1520. The molecular formula is C30H21BN2. The van der Waals surface area contributed by atoms with Gasteiger partial charge in [-0.1, -0.05) is 103 Å². The summed E-state index contributed by atoms with van der Waals surface area (Å²) in [5.74, 6) is 0.738. The monoisotopic (exact) mass is 420 g/mol. The van der Waals surface area contributed by atoms with Crippen molar-refractivity contribution in [1.29, 1.82) is 0 Å². The van der Waals surface area contributed by atoms with Crippen molar-refractivity contribution in [3.63, 3.8) is 0 Å². The van der Waals surface area contributed by atoms with Crippen LogP contribution in [0.15, 0.2) is 115 Å². The maximum atomic E-state index is 5.02. The van der Waals surface area contributed by atoms with Crippen LogP contribution in [0.25, 0.3) is 55.4 Å². The average Bonchev–Trinajstić information content (AvgIpc) is 2.88. The van der Waals surface area contributed by atoms with Crippen molar-refractivity contribution in [2.24, 2.45) is 0 Å². The lowest BCUT2D eigenvalue weighted by Crippen LogP contribution is -2.00. The molecule has 0 fully saturated rings. The van der Waals surface area contributed by atoms with Crippen LogP contribution in [-0.4, -0.2) is 17.8 Å². The SMILES string of the molecule is Bc1ccc(-c2cc(-c3ccc4ccccc4c3)nc(-c3ccc4ccccc4c3)n2)cc1. The normalized spacial score (nSPS) is 11.2. The zero-order valence-electron chi connectivity index (χ0n) is 18.4. The lowest BCUT2D eigenvalue weighted by molar-refractivity contribution is 1.19. The standard InChI is InChI=1S/C30H21BN2/c31-27-15-13-22(14-16-27)28-19-29(25-11-9-20-5-1-3-7-23(20)17-25)33-30(32-28)26-12-10-21-6-2-4-8-24(21)18-26/h1-19H,31H2. The molecule has 33 heavy (non-hydrogen) atoms. The molecule has 1 heterocycles. The molecule has 154 valence electrons. The minimum Gasteiger partial charge on any atom is -0.228 e. The first-order chi connectivity index (χ1) is 16.2. The zero-order valence-corrected chi connectivity index (χ0v) is 18.4. The van der Waals surface area contributed by atoms with Gasteiger partial charge in [0.25, 0.3) is 0 Å². The number of aromatic nitrogens is 2. The molecule has 6 aromatic rings. The summed E-state index contributed by atoms with van der Waals surface area (Å²) in [6.45, 7) is 0. The van der Waals surface area contributed by atoms with Gasteiger partial charge in [0.1, 0.15) is 7.85 Å². The van der Waals surface area contributed by atoms with Crippen LogP contribution >= 0.6 is 0 Å². The highest BCUT2D eigenvalue weighted by atomic mass is 14.9. The molecule has 0 saturated heterocycles. The highest BCUT2D eigenvalue weighted by Crippen LogP contribution is 2.30. The van der Waals surface area contributed by atoms with Crippen molar-refractivity contribution in [3.05, 3.63) is 115 Å². The van der Waals surface area contributed by atoms with Crippen molar-refractivity contribution in [2.75, 3.05) is 0 Å². The van der Waals surface area contributed by atoms with Gasteiger partial charge in [0.2, 0.25) is 0 Å². The molecule has 1 aromatic heterocycles. The number of hydrogen-bond donors (Lipinski definition) is 0. The van der Waals surface area contributed by atoms with Gasteiger partial charge in [0.15, 0.2) is 5.82 Å². The second kappa shape index (κ2) is 8.03. The fraction of sp³-hybridized carbons (Fsp3) is 0. The van der Waals surface area contributed by atoms with E-state index in [4.69, 9.17) is 9.97 Å². The Balaban J connectivity index is 1.56. The smallest absolute Gasteiger partial charge is 0.160 e. The topological polar surface area (TPSA) is 25.8 Å². The van der Waals surface area contributed by atoms with E-state index in [1.807, 2.05) is 0 Å². The summed E-state index contributed by atoms with van der Waals surface area (Å²) in [7, 11) is 2.10. The van der Waals surface area contributed by atoms with Gasteiger partial charge in [-0.05, 0) is 39.7 Å². The predicted octanol–water partition coefficient (Wildman–Crippen LogP) is 6.04. The molecule has 6 rings (SSSR count). The van der Waals surface area contributed by atoms with Crippen molar-refractivity contribution in [3.8, 4) is 33.9 Å². The summed E-state index contributed by atoms with van der Waals surface area (Å²) < 4.78 is 0. The van der Waals surface area contributed by atoms with Crippen LogP contribution in [0.2, 0.25) is 0 Å². The first kappa shape index (κ1) is 19.5. The third-order valence-corrected chi connectivity index (χ3v) is 6.13. The molecule has 0 amide bonds. The molecule has 0 aliphatic carbocycles. The minimum absolute atomic E-state index is 0.738. The van der Waals surface area contributed by atoms with Gasteiger partial charge in [0, 0.05) is 16.7 Å². The van der Waals surface area contributed by atoms with Crippen molar-refractivity contribution in [2.45, 2.75) is 0 Å². The first-order valence-electron chi connectivity index (χ1n) is 11.2.